The lowest BCUT2D eigenvalue weighted by molar-refractivity contribution is -0.164. The average Bonchev–Trinajstić information content (AvgIpc) is 3.65. The van der Waals surface area contributed by atoms with Gasteiger partial charge in [-0.05, 0) is 66.6 Å². The first-order chi connectivity index (χ1) is 23.6. The Kier molecular flexibility index (Phi) is 10.5. The quantitative estimate of drug-likeness (QED) is 0.0902. The van der Waals surface area contributed by atoms with Gasteiger partial charge in [0.1, 0.15) is 24.3 Å². The molecule has 264 valence electrons. The van der Waals surface area contributed by atoms with Crippen LogP contribution in [0.4, 0.5) is 22.4 Å². The topological polar surface area (TPSA) is 151 Å². The minimum atomic E-state index is -4.70. The van der Waals surface area contributed by atoms with Crippen LogP contribution in [0.3, 0.4) is 0 Å². The number of rotatable bonds is 10. The second-order valence-electron chi connectivity index (χ2n) is 13.0. The summed E-state index contributed by atoms with van der Waals surface area (Å²) in [4.78, 5) is 40.9. The standard InChI is InChI=1S/C34H35ClF4N8O3/c1-32(2,3)13-15-42-30(40)47(29(48)22-9-7-20(17-25(22)36)26-6-4-5-14-41-26)27(18-50-31(49)45-33(11-12-33)34(37,38)39)21-8-10-24(35)23(16-21)28-43-19-44-46-28/h4-10,14,16-17,19,27H,11-13,15,18H2,1-3H3,(H2,40,42)(H,45,49)(H,43,44,46)/t27-/m1/s1. The third kappa shape index (κ3) is 8.38. The Morgan fingerprint density at radius 1 is 1.12 bits per heavy atom. The highest BCUT2D eigenvalue weighted by Crippen LogP contribution is 2.49. The van der Waals surface area contributed by atoms with E-state index in [0.29, 0.717) is 23.2 Å². The summed E-state index contributed by atoms with van der Waals surface area (Å²) in [6, 6.07) is 12.2. The molecule has 16 heteroatoms. The molecule has 4 aromatic rings. The van der Waals surface area contributed by atoms with E-state index in [1.165, 1.54) is 36.7 Å². The van der Waals surface area contributed by atoms with Crippen LogP contribution >= 0.6 is 11.6 Å². The molecule has 0 spiro atoms. The Morgan fingerprint density at radius 2 is 1.88 bits per heavy atom. The van der Waals surface area contributed by atoms with Crippen LogP contribution in [0, 0.1) is 11.2 Å². The summed E-state index contributed by atoms with van der Waals surface area (Å²) >= 11 is 6.47. The molecule has 1 aliphatic rings. The van der Waals surface area contributed by atoms with E-state index in [1.807, 2.05) is 26.1 Å². The molecule has 1 aliphatic carbocycles. The van der Waals surface area contributed by atoms with Crippen LogP contribution in [0.5, 0.6) is 0 Å². The maximum absolute atomic E-state index is 15.8. The molecule has 4 N–H and O–H groups in total. The number of nitrogens with two attached hydrogens (primary N) is 1. The molecule has 1 fully saturated rings. The number of aromatic nitrogens is 4. The number of pyridine rings is 1. The highest BCUT2D eigenvalue weighted by molar-refractivity contribution is 6.33. The lowest BCUT2D eigenvalue weighted by atomic mass is 9.92. The minimum absolute atomic E-state index is 0.161. The van der Waals surface area contributed by atoms with Crippen molar-refractivity contribution in [2.75, 3.05) is 13.2 Å². The summed E-state index contributed by atoms with van der Waals surface area (Å²) < 4.78 is 62.0. The van der Waals surface area contributed by atoms with Gasteiger partial charge in [0.25, 0.3) is 5.91 Å². The molecule has 5 rings (SSSR count). The maximum Gasteiger partial charge on any atom is 0.411 e. The highest BCUT2D eigenvalue weighted by Gasteiger charge is 2.64. The van der Waals surface area contributed by atoms with E-state index in [0.717, 1.165) is 11.0 Å². The predicted molar refractivity (Wildman–Crippen MR) is 178 cm³/mol. The number of benzene rings is 2. The molecule has 11 nitrogen and oxygen atoms in total. The smallest absolute Gasteiger partial charge is 0.411 e. The van der Waals surface area contributed by atoms with E-state index >= 15 is 4.39 Å². The third-order valence-electron chi connectivity index (χ3n) is 8.12. The number of carbonyl (C=O) groups is 2. The molecule has 2 amide bonds. The Labute approximate surface area is 290 Å². The zero-order valence-corrected chi connectivity index (χ0v) is 28.1. The Bertz CT molecular complexity index is 1860. The summed E-state index contributed by atoms with van der Waals surface area (Å²) in [5, 5.41) is 8.68. The van der Waals surface area contributed by atoms with Crippen molar-refractivity contribution in [1.82, 2.24) is 30.4 Å². The van der Waals surface area contributed by atoms with E-state index in [2.05, 4.69) is 25.2 Å². The number of hydrogen-bond acceptors (Lipinski definition) is 7. The van der Waals surface area contributed by atoms with Gasteiger partial charge in [-0.2, -0.15) is 18.3 Å². The summed E-state index contributed by atoms with van der Waals surface area (Å²) in [6.07, 6.45) is -3.32. The number of ether oxygens (including phenoxy) is 1. The number of alkyl carbamates (subject to hydrolysis) is 1. The fourth-order valence-electron chi connectivity index (χ4n) is 5.08. The van der Waals surface area contributed by atoms with Crippen molar-refractivity contribution in [3.63, 3.8) is 0 Å². The number of aliphatic imine (C=N–C) groups is 1. The lowest BCUT2D eigenvalue weighted by Crippen LogP contribution is -2.49. The largest absolute Gasteiger partial charge is 0.447 e. The third-order valence-corrected chi connectivity index (χ3v) is 8.45. The molecule has 2 aromatic carbocycles. The molecule has 1 saturated carbocycles. The highest BCUT2D eigenvalue weighted by atomic mass is 35.5. The van der Waals surface area contributed by atoms with Crippen molar-refractivity contribution in [2.24, 2.45) is 16.1 Å². The molecule has 50 heavy (non-hydrogen) atoms. The molecule has 0 unspecified atom stereocenters. The van der Waals surface area contributed by atoms with Gasteiger partial charge in [-0.3, -0.25) is 24.8 Å². The predicted octanol–water partition coefficient (Wildman–Crippen LogP) is 7.08. The number of alkyl halides is 3. The van der Waals surface area contributed by atoms with E-state index < -0.39 is 47.7 Å². The van der Waals surface area contributed by atoms with Crippen LogP contribution in [0.25, 0.3) is 22.6 Å². The van der Waals surface area contributed by atoms with Gasteiger partial charge in [-0.15, -0.1) is 0 Å². The zero-order chi connectivity index (χ0) is 36.3. The Morgan fingerprint density at radius 3 is 2.48 bits per heavy atom. The first-order valence-electron chi connectivity index (χ1n) is 15.6. The van der Waals surface area contributed by atoms with Gasteiger partial charge in [0.15, 0.2) is 11.8 Å². The number of nitrogens with zero attached hydrogens (tertiary/aromatic N) is 5. The molecule has 0 aliphatic heterocycles. The molecule has 0 bridgehead atoms. The number of nitrogens with one attached hydrogen (secondary N) is 2. The SMILES string of the molecule is CC(C)(C)CCN=C(N)N(C(=O)c1ccc(-c2ccccn2)cc1F)[C@H](COC(=O)NC1(C(F)(F)F)CC1)c1ccc(Cl)c(-c2ncn[nH]2)c1. The van der Waals surface area contributed by atoms with Crippen molar-refractivity contribution in [2.45, 2.75) is 57.8 Å². The van der Waals surface area contributed by atoms with Crippen molar-refractivity contribution in [3.05, 3.63) is 89.1 Å². The first kappa shape index (κ1) is 36.2. The molecule has 0 saturated heterocycles. The fourth-order valence-corrected chi connectivity index (χ4v) is 5.28. The van der Waals surface area contributed by atoms with Gasteiger partial charge in [-0.1, -0.05) is 50.6 Å². The number of amides is 2. The summed E-state index contributed by atoms with van der Waals surface area (Å²) in [6.45, 7) is 5.43. The molecule has 1 atom stereocenters. The number of hydrogen-bond donors (Lipinski definition) is 3. The molecule has 2 aromatic heterocycles. The van der Waals surface area contributed by atoms with Crippen LogP contribution < -0.4 is 11.1 Å². The average molecular weight is 715 g/mol. The van der Waals surface area contributed by atoms with Gasteiger partial charge >= 0.3 is 12.3 Å². The Balaban J connectivity index is 1.57. The zero-order valence-electron chi connectivity index (χ0n) is 27.4. The maximum atomic E-state index is 15.8. The minimum Gasteiger partial charge on any atom is -0.447 e. The van der Waals surface area contributed by atoms with Gasteiger partial charge in [-0.25, -0.2) is 14.2 Å². The van der Waals surface area contributed by atoms with E-state index in [1.54, 1.807) is 24.4 Å². The van der Waals surface area contributed by atoms with Crippen molar-refractivity contribution in [3.8, 4) is 22.6 Å². The van der Waals surface area contributed by atoms with Crippen LogP contribution in [-0.2, 0) is 4.74 Å². The Hall–Kier alpha value is -5.05. The number of aromatic amines is 1. The molecule has 2 heterocycles. The fraction of sp³-hybridized carbons (Fsp3) is 0.353. The number of carbonyl (C=O) groups excluding carboxylic acids is 2. The van der Waals surface area contributed by atoms with Crippen LogP contribution in [0.2, 0.25) is 5.02 Å². The summed E-state index contributed by atoms with van der Waals surface area (Å²) in [5.74, 6) is -1.93. The number of halogens is 5. The molecular weight excluding hydrogens is 680 g/mol. The van der Waals surface area contributed by atoms with Crippen LogP contribution in [-0.4, -0.2) is 67.9 Å². The van der Waals surface area contributed by atoms with Gasteiger partial charge < -0.3 is 15.8 Å². The van der Waals surface area contributed by atoms with Crippen molar-refractivity contribution >= 4 is 29.6 Å². The molecular formula is C34H35ClF4N8O3. The molecule has 0 radical (unpaired) electrons. The first-order valence-corrected chi connectivity index (χ1v) is 16.0. The monoisotopic (exact) mass is 714 g/mol. The van der Waals surface area contributed by atoms with Gasteiger partial charge in [0, 0.05) is 23.9 Å². The summed E-state index contributed by atoms with van der Waals surface area (Å²) in [7, 11) is 0. The summed E-state index contributed by atoms with van der Waals surface area (Å²) in [5.41, 5.74) is 5.01. The van der Waals surface area contributed by atoms with Crippen LogP contribution in [0.15, 0.2) is 72.1 Å². The van der Waals surface area contributed by atoms with E-state index in [-0.39, 0.29) is 47.2 Å². The van der Waals surface area contributed by atoms with E-state index in [4.69, 9.17) is 22.1 Å². The second kappa shape index (κ2) is 14.4. The van der Waals surface area contributed by atoms with Crippen LogP contribution in [0.1, 0.15) is 62.0 Å². The lowest BCUT2D eigenvalue weighted by Gasteiger charge is -2.32. The number of H-pyrrole nitrogens is 1. The second-order valence-corrected chi connectivity index (χ2v) is 13.4. The van der Waals surface area contributed by atoms with Gasteiger partial charge in [0.05, 0.1) is 22.3 Å². The van der Waals surface area contributed by atoms with Gasteiger partial charge in [0.2, 0.25) is 0 Å². The number of guanidine groups is 1. The van der Waals surface area contributed by atoms with Crippen molar-refractivity contribution < 1.29 is 31.9 Å². The van der Waals surface area contributed by atoms with Crippen molar-refractivity contribution in [1.29, 1.82) is 0 Å². The van der Waals surface area contributed by atoms with E-state index in [9.17, 15) is 22.8 Å². The normalized spacial score (nSPS) is 14.9.